The van der Waals surface area contributed by atoms with Crippen molar-refractivity contribution in [1.82, 2.24) is 0 Å². The lowest BCUT2D eigenvalue weighted by Crippen LogP contribution is -2.05. The van der Waals surface area contributed by atoms with Crippen LogP contribution in [0.2, 0.25) is 0 Å². The molecule has 72 valence electrons. The number of ether oxygens (including phenoxy) is 2. The minimum absolute atomic E-state index is 0.0266. The van der Waals surface area contributed by atoms with E-state index in [1.807, 2.05) is 0 Å². The van der Waals surface area contributed by atoms with Crippen LogP contribution in [0.3, 0.4) is 0 Å². The van der Waals surface area contributed by atoms with Crippen molar-refractivity contribution in [1.29, 1.82) is 0 Å². The summed E-state index contributed by atoms with van der Waals surface area (Å²) in [5.41, 5.74) is -0.0875. The fraction of sp³-hybridized carbons (Fsp3) is 0.250. The van der Waals surface area contributed by atoms with Gasteiger partial charge in [0, 0.05) is 0 Å². The zero-order valence-electron chi connectivity index (χ0n) is 7.15. The standard InChI is InChI=1S/C8H10O5/c1-3-4-12-8(11)13-5-6(2)7(9)10/h3,5H,1,4H2,2H3,(H,9,10). The quantitative estimate of drug-likeness (QED) is 0.310. The smallest absolute Gasteiger partial charge is 0.478 e. The maximum Gasteiger partial charge on any atom is 0.513 e. The molecule has 0 unspecified atom stereocenters. The van der Waals surface area contributed by atoms with E-state index in [1.165, 1.54) is 13.0 Å². The van der Waals surface area contributed by atoms with E-state index < -0.39 is 12.1 Å². The van der Waals surface area contributed by atoms with Crippen LogP contribution in [0.1, 0.15) is 6.92 Å². The van der Waals surface area contributed by atoms with Gasteiger partial charge in [-0.2, -0.15) is 0 Å². The Morgan fingerprint density at radius 1 is 1.54 bits per heavy atom. The van der Waals surface area contributed by atoms with E-state index in [9.17, 15) is 9.59 Å². The SMILES string of the molecule is C=CCOC(=O)OC=C(C)C(=O)O. The second kappa shape index (κ2) is 5.82. The van der Waals surface area contributed by atoms with Crippen LogP contribution in [0.25, 0.3) is 0 Å². The summed E-state index contributed by atoms with van der Waals surface area (Å²) < 4.78 is 8.72. The predicted octanol–water partition coefficient (Wildman–Crippen LogP) is 1.31. The second-order valence-corrected chi connectivity index (χ2v) is 2.07. The average molecular weight is 186 g/mol. The molecule has 0 aliphatic heterocycles. The summed E-state index contributed by atoms with van der Waals surface area (Å²) in [6, 6.07) is 0. The topological polar surface area (TPSA) is 72.8 Å². The maximum atomic E-state index is 10.6. The van der Waals surface area contributed by atoms with Crippen molar-refractivity contribution >= 4 is 12.1 Å². The lowest BCUT2D eigenvalue weighted by atomic mass is 10.4. The third-order valence-corrected chi connectivity index (χ3v) is 0.988. The molecule has 0 bridgehead atoms. The summed E-state index contributed by atoms with van der Waals surface area (Å²) in [5.74, 6) is -1.16. The van der Waals surface area contributed by atoms with Gasteiger partial charge in [0.1, 0.15) is 12.9 Å². The molecule has 0 spiro atoms. The van der Waals surface area contributed by atoms with Crippen molar-refractivity contribution in [3.05, 3.63) is 24.5 Å². The van der Waals surface area contributed by atoms with Crippen LogP contribution in [-0.4, -0.2) is 23.8 Å². The third kappa shape index (κ3) is 5.49. The molecule has 0 aromatic rings. The van der Waals surface area contributed by atoms with Crippen molar-refractivity contribution in [3.63, 3.8) is 0 Å². The Labute approximate surface area is 75.3 Å². The molecule has 0 heterocycles. The summed E-state index contributed by atoms with van der Waals surface area (Å²) in [4.78, 5) is 20.8. The van der Waals surface area contributed by atoms with Gasteiger partial charge >= 0.3 is 12.1 Å². The molecule has 0 aliphatic rings. The van der Waals surface area contributed by atoms with Crippen LogP contribution in [-0.2, 0) is 14.3 Å². The Balaban J connectivity index is 3.87. The van der Waals surface area contributed by atoms with E-state index in [-0.39, 0.29) is 12.2 Å². The molecule has 1 N–H and O–H groups in total. The van der Waals surface area contributed by atoms with Gasteiger partial charge in [-0.25, -0.2) is 9.59 Å². The normalized spacial score (nSPS) is 10.4. The van der Waals surface area contributed by atoms with Crippen molar-refractivity contribution in [3.8, 4) is 0 Å². The average Bonchev–Trinajstić information content (AvgIpc) is 2.10. The molecule has 0 aromatic heterocycles. The molecule has 0 saturated carbocycles. The molecule has 0 atom stereocenters. The van der Waals surface area contributed by atoms with Crippen LogP contribution < -0.4 is 0 Å². The highest BCUT2D eigenvalue weighted by Crippen LogP contribution is 1.94. The Kier molecular flexibility index (Phi) is 5.02. The minimum atomic E-state index is -1.16. The Morgan fingerprint density at radius 3 is 2.62 bits per heavy atom. The Morgan fingerprint density at radius 2 is 2.15 bits per heavy atom. The molecular weight excluding hydrogens is 176 g/mol. The van der Waals surface area contributed by atoms with Crippen LogP contribution >= 0.6 is 0 Å². The van der Waals surface area contributed by atoms with E-state index in [0.717, 1.165) is 6.26 Å². The van der Waals surface area contributed by atoms with Crippen molar-refractivity contribution < 1.29 is 24.2 Å². The largest absolute Gasteiger partial charge is 0.513 e. The van der Waals surface area contributed by atoms with Crippen LogP contribution in [0, 0.1) is 0 Å². The van der Waals surface area contributed by atoms with Crippen LogP contribution in [0.15, 0.2) is 24.5 Å². The summed E-state index contributed by atoms with van der Waals surface area (Å²) in [6.45, 7) is 4.64. The Bertz CT molecular complexity index is 241. The van der Waals surface area contributed by atoms with Crippen LogP contribution in [0.5, 0.6) is 0 Å². The molecule has 0 fully saturated rings. The molecule has 0 saturated heterocycles. The fourth-order valence-corrected chi connectivity index (χ4v) is 0.348. The van der Waals surface area contributed by atoms with Gasteiger partial charge in [0.15, 0.2) is 0 Å². The first-order chi connectivity index (χ1) is 6.07. The van der Waals surface area contributed by atoms with Gasteiger partial charge in [-0.3, -0.25) is 0 Å². The predicted molar refractivity (Wildman–Crippen MR) is 44.0 cm³/mol. The highest BCUT2D eigenvalue weighted by Gasteiger charge is 2.03. The number of hydrogen-bond acceptors (Lipinski definition) is 4. The molecule has 5 heteroatoms. The van der Waals surface area contributed by atoms with E-state index in [2.05, 4.69) is 16.1 Å². The fourth-order valence-electron chi connectivity index (χ4n) is 0.348. The first-order valence-electron chi connectivity index (χ1n) is 3.42. The van der Waals surface area contributed by atoms with Gasteiger partial charge in [0.25, 0.3) is 0 Å². The van der Waals surface area contributed by atoms with Gasteiger partial charge in [0.05, 0.1) is 5.57 Å². The molecular formula is C8H10O5. The number of aliphatic carboxylic acids is 1. The highest BCUT2D eigenvalue weighted by molar-refractivity contribution is 5.85. The maximum absolute atomic E-state index is 10.6. The van der Waals surface area contributed by atoms with E-state index in [0.29, 0.717) is 0 Å². The van der Waals surface area contributed by atoms with Crippen molar-refractivity contribution in [2.24, 2.45) is 0 Å². The van der Waals surface area contributed by atoms with Gasteiger partial charge < -0.3 is 14.6 Å². The number of carboxylic acids is 1. The Hall–Kier alpha value is -1.78. The van der Waals surface area contributed by atoms with E-state index >= 15 is 0 Å². The summed E-state index contributed by atoms with van der Waals surface area (Å²) in [7, 11) is 0. The molecule has 0 amide bonds. The first-order valence-corrected chi connectivity index (χ1v) is 3.42. The molecule has 0 aromatic carbocycles. The van der Waals surface area contributed by atoms with Gasteiger partial charge in [0.2, 0.25) is 0 Å². The minimum Gasteiger partial charge on any atom is -0.478 e. The number of carboxylic acid groups (broad SMARTS) is 1. The van der Waals surface area contributed by atoms with Gasteiger partial charge in [-0.05, 0) is 6.92 Å². The zero-order valence-corrected chi connectivity index (χ0v) is 7.15. The van der Waals surface area contributed by atoms with Gasteiger partial charge in [-0.15, -0.1) is 0 Å². The second-order valence-electron chi connectivity index (χ2n) is 2.07. The monoisotopic (exact) mass is 186 g/mol. The number of carbonyl (C=O) groups excluding carboxylic acids is 1. The number of hydrogen-bond donors (Lipinski definition) is 1. The lowest BCUT2D eigenvalue weighted by Gasteiger charge is -1.99. The molecule has 13 heavy (non-hydrogen) atoms. The summed E-state index contributed by atoms with van der Waals surface area (Å²) >= 11 is 0. The third-order valence-electron chi connectivity index (χ3n) is 0.988. The molecule has 0 radical (unpaired) electrons. The number of rotatable bonds is 4. The highest BCUT2D eigenvalue weighted by atomic mass is 16.7. The lowest BCUT2D eigenvalue weighted by molar-refractivity contribution is -0.132. The zero-order chi connectivity index (χ0) is 10.3. The van der Waals surface area contributed by atoms with Crippen molar-refractivity contribution in [2.75, 3.05) is 6.61 Å². The summed E-state index contributed by atoms with van der Waals surface area (Å²) in [5, 5.41) is 8.35. The van der Waals surface area contributed by atoms with E-state index in [1.54, 1.807) is 0 Å². The van der Waals surface area contributed by atoms with Crippen LogP contribution in [0.4, 0.5) is 4.79 Å². The summed E-state index contributed by atoms with van der Waals surface area (Å²) in [6.07, 6.45) is 1.23. The van der Waals surface area contributed by atoms with Gasteiger partial charge in [-0.1, -0.05) is 12.7 Å². The van der Waals surface area contributed by atoms with Crippen molar-refractivity contribution in [2.45, 2.75) is 6.92 Å². The molecule has 0 rings (SSSR count). The number of carbonyl (C=O) groups is 2. The molecule has 0 aliphatic carbocycles. The first kappa shape index (κ1) is 11.2. The van der Waals surface area contributed by atoms with E-state index in [4.69, 9.17) is 5.11 Å². The molecule has 5 nitrogen and oxygen atoms in total.